The van der Waals surface area contributed by atoms with Gasteiger partial charge in [-0.3, -0.25) is 4.79 Å². The van der Waals surface area contributed by atoms with Gasteiger partial charge in [-0.2, -0.15) is 0 Å². The van der Waals surface area contributed by atoms with Crippen LogP contribution in [0.15, 0.2) is 17.8 Å². The molecule has 2 fully saturated rings. The molecule has 10 heteroatoms. The van der Waals surface area contributed by atoms with Gasteiger partial charge in [-0.25, -0.2) is 22.7 Å². The van der Waals surface area contributed by atoms with Gasteiger partial charge in [-0.15, -0.1) is 11.3 Å². The van der Waals surface area contributed by atoms with Gasteiger partial charge in [0.25, 0.3) is 0 Å². The Morgan fingerprint density at radius 3 is 2.83 bits per heavy atom. The minimum Gasteiger partial charge on any atom is -0.481 e. The van der Waals surface area contributed by atoms with E-state index in [0.29, 0.717) is 6.54 Å². The fraction of sp³-hybridized carbons (Fsp3) is 0.500. The highest BCUT2D eigenvalue weighted by molar-refractivity contribution is 7.88. The summed E-state index contributed by atoms with van der Waals surface area (Å²) < 4.78 is 25.9. The van der Waals surface area contributed by atoms with Gasteiger partial charge in [-0.05, 0) is 11.4 Å². The molecule has 24 heavy (non-hydrogen) atoms. The topological polar surface area (TPSA) is 104 Å². The lowest BCUT2D eigenvalue weighted by atomic mass is 9.81. The van der Waals surface area contributed by atoms with Gasteiger partial charge in [0.2, 0.25) is 10.0 Å². The van der Waals surface area contributed by atoms with Gasteiger partial charge in [0.1, 0.15) is 17.6 Å². The summed E-state index contributed by atoms with van der Waals surface area (Å²) in [4.78, 5) is 22.5. The Kier molecular flexibility index (Phi) is 3.35. The fourth-order valence-corrected chi connectivity index (χ4v) is 5.51. The molecule has 8 nitrogen and oxygen atoms in total. The number of aliphatic carboxylic acids is 1. The number of nitrogens with zero attached hydrogens (tertiary/aromatic N) is 4. The Labute approximate surface area is 142 Å². The molecule has 0 radical (unpaired) electrons. The first-order valence-electron chi connectivity index (χ1n) is 7.43. The summed E-state index contributed by atoms with van der Waals surface area (Å²) in [6.45, 7) is 0.979. The summed E-state index contributed by atoms with van der Waals surface area (Å²) in [5, 5.41) is 11.7. The van der Waals surface area contributed by atoms with E-state index in [0.717, 1.165) is 22.3 Å². The molecule has 0 aliphatic carbocycles. The van der Waals surface area contributed by atoms with E-state index in [9.17, 15) is 18.3 Å². The van der Waals surface area contributed by atoms with E-state index >= 15 is 0 Å². The maximum Gasteiger partial charge on any atom is 0.313 e. The number of carboxylic acid groups (broad SMARTS) is 1. The standard InChI is InChI=1S/C14H16N4O4S2/c1-24(21,22)18-5-9-4-17(6-14(9,7-18)13(19)20)12-11-10(2-3-23-11)15-8-16-12/h2-3,8-9H,4-7H2,1H3,(H,19,20)/t9-,14-/m1/s1. The number of rotatable bonds is 3. The van der Waals surface area contributed by atoms with E-state index in [1.807, 2.05) is 16.3 Å². The first kappa shape index (κ1) is 15.7. The van der Waals surface area contributed by atoms with E-state index < -0.39 is 21.4 Å². The minimum absolute atomic E-state index is 0.0149. The summed E-state index contributed by atoms with van der Waals surface area (Å²) in [5.41, 5.74) is -0.248. The van der Waals surface area contributed by atoms with Crippen LogP contribution >= 0.6 is 11.3 Å². The summed E-state index contributed by atoms with van der Waals surface area (Å²) in [6, 6.07) is 1.90. The van der Waals surface area contributed by atoms with Crippen LogP contribution < -0.4 is 4.90 Å². The molecular formula is C14H16N4O4S2. The van der Waals surface area contributed by atoms with Crippen LogP contribution in [0.25, 0.3) is 10.2 Å². The Morgan fingerprint density at radius 1 is 1.38 bits per heavy atom. The van der Waals surface area contributed by atoms with Crippen molar-refractivity contribution in [3.8, 4) is 0 Å². The van der Waals surface area contributed by atoms with Crippen molar-refractivity contribution >= 4 is 43.4 Å². The Hall–Kier alpha value is -1.78. The number of anilines is 1. The molecule has 2 atom stereocenters. The number of hydrogen-bond acceptors (Lipinski definition) is 7. The summed E-state index contributed by atoms with van der Waals surface area (Å²) >= 11 is 1.52. The van der Waals surface area contributed by atoms with E-state index in [4.69, 9.17) is 0 Å². The molecule has 0 saturated carbocycles. The second kappa shape index (κ2) is 5.11. The molecule has 2 aromatic rings. The van der Waals surface area contributed by atoms with Gasteiger partial charge >= 0.3 is 5.97 Å². The van der Waals surface area contributed by atoms with Crippen molar-refractivity contribution in [2.75, 3.05) is 37.3 Å². The molecule has 2 saturated heterocycles. The molecule has 2 aliphatic heterocycles. The zero-order chi connectivity index (χ0) is 17.1. The minimum atomic E-state index is -3.40. The van der Waals surface area contributed by atoms with Crippen LogP contribution in [0, 0.1) is 11.3 Å². The summed E-state index contributed by atoms with van der Waals surface area (Å²) in [7, 11) is -3.40. The van der Waals surface area contributed by atoms with E-state index in [1.54, 1.807) is 0 Å². The summed E-state index contributed by atoms with van der Waals surface area (Å²) in [6.07, 6.45) is 2.61. The van der Waals surface area contributed by atoms with Crippen LogP contribution in [0.5, 0.6) is 0 Å². The average molecular weight is 368 g/mol. The number of carboxylic acids is 1. The second-order valence-corrected chi connectivity index (χ2v) is 9.33. The fourth-order valence-electron chi connectivity index (χ4n) is 3.74. The third kappa shape index (κ3) is 2.20. The molecule has 2 aliphatic rings. The quantitative estimate of drug-likeness (QED) is 0.840. The van der Waals surface area contributed by atoms with Gasteiger partial charge < -0.3 is 10.0 Å². The molecule has 4 heterocycles. The van der Waals surface area contributed by atoms with Crippen molar-refractivity contribution in [1.29, 1.82) is 0 Å². The largest absolute Gasteiger partial charge is 0.481 e. The molecule has 128 valence electrons. The Morgan fingerprint density at radius 2 is 2.17 bits per heavy atom. The van der Waals surface area contributed by atoms with Crippen molar-refractivity contribution in [2.45, 2.75) is 0 Å². The lowest BCUT2D eigenvalue weighted by Gasteiger charge is -2.25. The molecule has 2 aromatic heterocycles. The van der Waals surface area contributed by atoms with E-state index in [-0.39, 0.29) is 25.6 Å². The van der Waals surface area contributed by atoms with Crippen LogP contribution in [0.1, 0.15) is 0 Å². The lowest BCUT2D eigenvalue weighted by Crippen LogP contribution is -2.42. The maximum atomic E-state index is 12.0. The highest BCUT2D eigenvalue weighted by Gasteiger charge is 2.59. The van der Waals surface area contributed by atoms with Crippen molar-refractivity contribution in [1.82, 2.24) is 14.3 Å². The number of hydrogen-bond donors (Lipinski definition) is 1. The first-order valence-corrected chi connectivity index (χ1v) is 10.2. The third-order valence-corrected chi connectivity index (χ3v) is 7.11. The van der Waals surface area contributed by atoms with E-state index in [2.05, 4.69) is 9.97 Å². The predicted molar refractivity (Wildman–Crippen MR) is 89.6 cm³/mol. The normalized spacial score (nSPS) is 27.7. The monoisotopic (exact) mass is 368 g/mol. The summed E-state index contributed by atoms with van der Waals surface area (Å²) in [5.74, 6) is -0.469. The van der Waals surface area contributed by atoms with Gasteiger partial charge in [-0.1, -0.05) is 0 Å². The van der Waals surface area contributed by atoms with Crippen LogP contribution in [-0.4, -0.2) is 66.2 Å². The van der Waals surface area contributed by atoms with Crippen molar-refractivity contribution in [3.05, 3.63) is 17.8 Å². The van der Waals surface area contributed by atoms with Crippen molar-refractivity contribution in [2.24, 2.45) is 11.3 Å². The van der Waals surface area contributed by atoms with Crippen LogP contribution in [-0.2, 0) is 14.8 Å². The SMILES string of the molecule is CS(=O)(=O)N1C[C@H]2CN(c3ncnc4ccsc34)C[C@@]2(C(=O)O)C1. The van der Waals surface area contributed by atoms with Gasteiger partial charge in [0.05, 0.1) is 16.5 Å². The van der Waals surface area contributed by atoms with E-state index in [1.165, 1.54) is 22.0 Å². The molecule has 1 N–H and O–H groups in total. The number of aromatic nitrogens is 2. The third-order valence-electron chi connectivity index (χ3n) is 5.00. The zero-order valence-corrected chi connectivity index (χ0v) is 14.5. The van der Waals surface area contributed by atoms with Crippen LogP contribution in [0.3, 0.4) is 0 Å². The molecular weight excluding hydrogens is 352 g/mol. The Balaban J connectivity index is 1.71. The number of fused-ring (bicyclic) bond motifs is 2. The molecule has 0 amide bonds. The second-order valence-electron chi connectivity index (χ2n) is 6.43. The highest BCUT2D eigenvalue weighted by atomic mass is 32.2. The first-order chi connectivity index (χ1) is 11.3. The molecule has 4 rings (SSSR count). The number of carbonyl (C=O) groups is 1. The maximum absolute atomic E-state index is 12.0. The number of thiophene rings is 1. The molecule has 0 unspecified atom stereocenters. The lowest BCUT2D eigenvalue weighted by molar-refractivity contribution is -0.148. The number of sulfonamides is 1. The molecule has 0 aromatic carbocycles. The molecule has 0 spiro atoms. The smallest absolute Gasteiger partial charge is 0.313 e. The molecule has 0 bridgehead atoms. The van der Waals surface area contributed by atoms with Crippen molar-refractivity contribution < 1.29 is 18.3 Å². The van der Waals surface area contributed by atoms with Crippen LogP contribution in [0.4, 0.5) is 5.82 Å². The van der Waals surface area contributed by atoms with Gasteiger partial charge in [0.15, 0.2) is 0 Å². The van der Waals surface area contributed by atoms with Gasteiger partial charge in [0, 0.05) is 32.1 Å². The van der Waals surface area contributed by atoms with Crippen molar-refractivity contribution in [3.63, 3.8) is 0 Å². The predicted octanol–water partition coefficient (Wildman–Crippen LogP) is 0.474. The highest BCUT2D eigenvalue weighted by Crippen LogP contribution is 2.45. The Bertz CT molecular complexity index is 928. The average Bonchev–Trinajstić information content (AvgIpc) is 3.17. The zero-order valence-electron chi connectivity index (χ0n) is 12.9. The van der Waals surface area contributed by atoms with Crippen LogP contribution in [0.2, 0.25) is 0 Å².